The molecule has 1 aliphatic heterocycles. The molecule has 1 N–H and O–H groups in total. The minimum Gasteiger partial charge on any atom is -0.379 e. The molecule has 0 radical (unpaired) electrons. The first-order valence-corrected chi connectivity index (χ1v) is 10.6. The number of aromatic nitrogens is 1. The predicted octanol–water partition coefficient (Wildman–Crippen LogP) is 3.75. The zero-order valence-electron chi connectivity index (χ0n) is 16.7. The van der Waals surface area contributed by atoms with Crippen molar-refractivity contribution in [3.8, 4) is 0 Å². The number of carbonyl (C=O) groups is 1. The largest absolute Gasteiger partial charge is 0.379 e. The zero-order chi connectivity index (χ0) is 18.7. The van der Waals surface area contributed by atoms with Gasteiger partial charge in [0.1, 0.15) is 0 Å². The SMILES string of the molecule is CC12CC3CC(C)(C1)CC(C(=O)N[C@H]1COC[C@H]1Cc1ccncc1)(C3)C2. The van der Waals surface area contributed by atoms with Crippen molar-refractivity contribution in [3.05, 3.63) is 30.1 Å². The average molecular weight is 369 g/mol. The van der Waals surface area contributed by atoms with E-state index >= 15 is 0 Å². The van der Waals surface area contributed by atoms with Crippen molar-refractivity contribution < 1.29 is 9.53 Å². The van der Waals surface area contributed by atoms with Crippen LogP contribution < -0.4 is 5.32 Å². The number of nitrogens with one attached hydrogen (secondary N) is 1. The van der Waals surface area contributed by atoms with E-state index in [1.54, 1.807) is 0 Å². The second kappa shape index (κ2) is 6.04. The van der Waals surface area contributed by atoms with Gasteiger partial charge in [0.25, 0.3) is 0 Å². The van der Waals surface area contributed by atoms with Gasteiger partial charge in [0.05, 0.1) is 24.7 Å². The zero-order valence-corrected chi connectivity index (χ0v) is 16.7. The van der Waals surface area contributed by atoms with E-state index in [4.69, 9.17) is 4.74 Å². The summed E-state index contributed by atoms with van der Waals surface area (Å²) in [7, 11) is 0. The van der Waals surface area contributed by atoms with E-state index in [1.165, 1.54) is 24.8 Å². The maximum absolute atomic E-state index is 13.6. The minimum absolute atomic E-state index is 0.132. The summed E-state index contributed by atoms with van der Waals surface area (Å²) < 4.78 is 5.77. The third kappa shape index (κ3) is 3.10. The fraction of sp³-hybridized carbons (Fsp3) is 0.739. The monoisotopic (exact) mass is 368 g/mol. The maximum atomic E-state index is 13.6. The smallest absolute Gasteiger partial charge is 0.226 e. The molecule has 4 aliphatic carbocycles. The molecule has 4 nitrogen and oxygen atoms in total. The van der Waals surface area contributed by atoms with Crippen molar-refractivity contribution in [3.63, 3.8) is 0 Å². The molecule has 0 aromatic carbocycles. The number of amides is 1. The highest BCUT2D eigenvalue weighted by molar-refractivity contribution is 5.83. The number of carbonyl (C=O) groups excluding carboxylic acids is 1. The first kappa shape index (κ1) is 17.7. The first-order valence-electron chi connectivity index (χ1n) is 10.6. The number of hydrogen-bond acceptors (Lipinski definition) is 3. The molecule has 0 spiro atoms. The van der Waals surface area contributed by atoms with Crippen LogP contribution in [-0.4, -0.2) is 30.1 Å². The first-order chi connectivity index (χ1) is 12.9. The van der Waals surface area contributed by atoms with Gasteiger partial charge < -0.3 is 10.1 Å². The van der Waals surface area contributed by atoms with Gasteiger partial charge >= 0.3 is 0 Å². The normalized spacial score (nSPS) is 45.2. The van der Waals surface area contributed by atoms with Crippen molar-refractivity contribution >= 4 is 5.91 Å². The van der Waals surface area contributed by atoms with E-state index in [0.717, 1.165) is 38.2 Å². The van der Waals surface area contributed by atoms with E-state index in [2.05, 4.69) is 36.3 Å². The molecule has 4 saturated carbocycles. The van der Waals surface area contributed by atoms with E-state index in [9.17, 15) is 4.79 Å². The summed E-state index contributed by atoms with van der Waals surface area (Å²) in [4.78, 5) is 17.7. The van der Waals surface area contributed by atoms with Gasteiger partial charge in [-0.1, -0.05) is 13.8 Å². The molecular formula is C23H32N2O2. The molecule has 1 amide bonds. The summed E-state index contributed by atoms with van der Waals surface area (Å²) in [5, 5.41) is 3.46. The maximum Gasteiger partial charge on any atom is 0.226 e. The Morgan fingerprint density at radius 2 is 1.81 bits per heavy atom. The average Bonchev–Trinajstić information content (AvgIpc) is 2.99. The number of ether oxygens (including phenoxy) is 1. The highest BCUT2D eigenvalue weighted by Crippen LogP contribution is 2.69. The van der Waals surface area contributed by atoms with Crippen LogP contribution in [0, 0.1) is 28.1 Å². The third-order valence-electron chi connectivity index (χ3n) is 7.87. The minimum atomic E-state index is -0.132. The lowest BCUT2D eigenvalue weighted by atomic mass is 9.40. The molecule has 146 valence electrons. The van der Waals surface area contributed by atoms with E-state index < -0.39 is 0 Å². The summed E-state index contributed by atoms with van der Waals surface area (Å²) in [5.74, 6) is 1.42. The number of rotatable bonds is 4. The van der Waals surface area contributed by atoms with Crippen LogP contribution in [0.5, 0.6) is 0 Å². The number of nitrogens with zero attached hydrogens (tertiary/aromatic N) is 1. The van der Waals surface area contributed by atoms with E-state index in [0.29, 0.717) is 29.3 Å². The lowest BCUT2D eigenvalue weighted by Crippen LogP contribution is -2.61. The summed E-state index contributed by atoms with van der Waals surface area (Å²) in [6.07, 6.45) is 11.9. The Morgan fingerprint density at radius 3 is 2.48 bits per heavy atom. The van der Waals surface area contributed by atoms with E-state index in [1.807, 2.05) is 12.4 Å². The Morgan fingerprint density at radius 1 is 1.11 bits per heavy atom. The predicted molar refractivity (Wildman–Crippen MR) is 104 cm³/mol. The van der Waals surface area contributed by atoms with Gasteiger partial charge in [-0.25, -0.2) is 0 Å². The summed E-state index contributed by atoms with van der Waals surface area (Å²) in [5.41, 5.74) is 1.88. The van der Waals surface area contributed by atoms with Crippen LogP contribution in [-0.2, 0) is 16.0 Å². The van der Waals surface area contributed by atoms with Crippen molar-refractivity contribution in [2.45, 2.75) is 64.8 Å². The Hall–Kier alpha value is -1.42. The molecule has 27 heavy (non-hydrogen) atoms. The molecule has 1 saturated heterocycles. The summed E-state index contributed by atoms with van der Waals surface area (Å²) in [6, 6.07) is 4.27. The second-order valence-electron chi connectivity index (χ2n) is 10.8. The molecule has 5 fully saturated rings. The van der Waals surface area contributed by atoms with Gasteiger partial charge in [0.15, 0.2) is 0 Å². The standard InChI is InChI=1S/C23H32N2O2/c1-21-8-17-9-22(2,13-21)15-23(10-17,14-21)20(26)25-19-12-27-11-18(19)7-16-3-5-24-6-4-16/h3-6,17-19H,7-15H2,1-2H3,(H,25,26)/t17?,18-,19+,21?,22?,23?/m1/s1. The van der Waals surface area contributed by atoms with Crippen LogP contribution in [0.4, 0.5) is 0 Å². The van der Waals surface area contributed by atoms with Gasteiger partial charge in [0.2, 0.25) is 5.91 Å². The molecule has 2 unspecified atom stereocenters. The lowest BCUT2D eigenvalue weighted by Gasteiger charge is -2.64. The molecule has 1 aromatic rings. The van der Waals surface area contributed by atoms with Crippen LogP contribution in [0.2, 0.25) is 0 Å². The molecule has 1 aromatic heterocycles. The molecule has 5 aliphatic rings. The molecule has 4 heteroatoms. The van der Waals surface area contributed by atoms with Crippen LogP contribution in [0.25, 0.3) is 0 Å². The third-order valence-corrected chi connectivity index (χ3v) is 7.87. The fourth-order valence-electron chi connectivity index (χ4n) is 7.80. The Balaban J connectivity index is 1.31. The van der Waals surface area contributed by atoms with Crippen molar-refractivity contribution in [2.24, 2.45) is 28.1 Å². The van der Waals surface area contributed by atoms with Gasteiger partial charge in [0, 0.05) is 18.3 Å². The van der Waals surface area contributed by atoms with Gasteiger partial charge in [-0.2, -0.15) is 0 Å². The summed E-state index contributed by atoms with van der Waals surface area (Å²) in [6.45, 7) is 6.25. The van der Waals surface area contributed by atoms with Crippen LogP contribution in [0.15, 0.2) is 24.5 Å². The Kier molecular flexibility index (Phi) is 3.95. The van der Waals surface area contributed by atoms with Crippen molar-refractivity contribution in [1.29, 1.82) is 0 Å². The van der Waals surface area contributed by atoms with Gasteiger partial charge in [-0.15, -0.1) is 0 Å². The second-order valence-corrected chi connectivity index (χ2v) is 10.8. The molecule has 4 atom stereocenters. The Bertz CT molecular complexity index is 715. The lowest BCUT2D eigenvalue weighted by molar-refractivity contribution is -0.170. The Labute approximate surface area is 162 Å². The fourth-order valence-corrected chi connectivity index (χ4v) is 7.80. The van der Waals surface area contributed by atoms with E-state index in [-0.39, 0.29) is 11.5 Å². The topological polar surface area (TPSA) is 51.2 Å². The van der Waals surface area contributed by atoms with Crippen molar-refractivity contribution in [1.82, 2.24) is 10.3 Å². The van der Waals surface area contributed by atoms with Gasteiger partial charge in [-0.05, 0) is 79.4 Å². The molecule has 6 rings (SSSR count). The quantitative estimate of drug-likeness (QED) is 0.880. The van der Waals surface area contributed by atoms with Crippen LogP contribution in [0.1, 0.15) is 57.9 Å². The van der Waals surface area contributed by atoms with Gasteiger partial charge in [-0.3, -0.25) is 9.78 Å². The number of hydrogen-bond donors (Lipinski definition) is 1. The molecule has 4 bridgehead atoms. The summed E-state index contributed by atoms with van der Waals surface area (Å²) >= 11 is 0. The van der Waals surface area contributed by atoms with Crippen molar-refractivity contribution in [2.75, 3.05) is 13.2 Å². The highest BCUT2D eigenvalue weighted by Gasteiger charge is 2.62. The van der Waals surface area contributed by atoms with Crippen LogP contribution >= 0.6 is 0 Å². The molecule has 2 heterocycles. The highest BCUT2D eigenvalue weighted by atomic mass is 16.5. The molecular weight excluding hydrogens is 336 g/mol. The number of pyridine rings is 1. The van der Waals surface area contributed by atoms with Crippen LogP contribution in [0.3, 0.4) is 0 Å².